The number of likely N-dealkylation sites (tertiary alicyclic amines) is 1. The van der Waals surface area contributed by atoms with Gasteiger partial charge in [0.15, 0.2) is 5.78 Å². The van der Waals surface area contributed by atoms with E-state index >= 15 is 0 Å². The molecule has 1 saturated heterocycles. The van der Waals surface area contributed by atoms with Gasteiger partial charge < -0.3 is 5.32 Å². The maximum absolute atomic E-state index is 13.4. The number of ketones is 1. The Hall–Kier alpha value is -3.59. The zero-order chi connectivity index (χ0) is 28.4. The number of carbonyl (C=O) groups is 2. The lowest BCUT2D eigenvalue weighted by Crippen LogP contribution is -2.46. The minimum absolute atomic E-state index is 0.249. The first-order valence-corrected chi connectivity index (χ1v) is 15.6. The number of hydrogen-bond acceptors (Lipinski definition) is 5. The fourth-order valence-electron chi connectivity index (χ4n) is 4.80. The molecular weight excluding hydrogens is 522 g/mol. The van der Waals surface area contributed by atoms with Crippen molar-refractivity contribution in [1.82, 2.24) is 14.9 Å². The Morgan fingerprint density at radius 3 is 2.23 bits per heavy atom. The molecule has 0 unspecified atom stereocenters. The number of hydrogen-bond donors (Lipinski definition) is 2. The highest BCUT2D eigenvalue weighted by atomic mass is 32.2. The van der Waals surface area contributed by atoms with E-state index in [0.29, 0.717) is 5.56 Å². The van der Waals surface area contributed by atoms with E-state index < -0.39 is 34.3 Å². The molecule has 1 atom stereocenters. The van der Waals surface area contributed by atoms with Crippen molar-refractivity contribution in [1.29, 1.82) is 0 Å². The molecule has 7 nitrogen and oxygen atoms in total. The lowest BCUT2D eigenvalue weighted by Gasteiger charge is -2.26. The van der Waals surface area contributed by atoms with Crippen LogP contribution in [0.3, 0.4) is 0 Å². The standard InChI is InChI=1S/C32H37N3O4S/c1-40(38,39)33-23-31(36)30(22-26-10-4-2-5-11-26)34-32(37)29-13-7-6-12-28(29)19-18-25-14-16-27(17-15-25)24-35-20-8-3-9-21-35/h2,4-7,10-19,30,33H,3,8-9,20-24H2,1H3,(H,34,37)/t30-/m0/s1. The predicted octanol–water partition coefficient (Wildman–Crippen LogP) is 4.30. The van der Waals surface area contributed by atoms with Crippen LogP contribution in [0, 0.1) is 0 Å². The SMILES string of the molecule is CS(=O)(=O)NCC(=O)[C@H](Cc1ccccc1)NC(=O)c1ccccc1C=Cc1ccc(CN2CCCCC2)cc1. The van der Waals surface area contributed by atoms with E-state index in [1.165, 1.54) is 24.8 Å². The van der Waals surface area contributed by atoms with Gasteiger partial charge in [-0.2, -0.15) is 0 Å². The van der Waals surface area contributed by atoms with Crippen molar-refractivity contribution in [2.24, 2.45) is 0 Å². The number of nitrogens with one attached hydrogen (secondary N) is 2. The summed E-state index contributed by atoms with van der Waals surface area (Å²) in [6, 6.07) is 24.1. The monoisotopic (exact) mass is 559 g/mol. The Bertz CT molecular complexity index is 1410. The highest BCUT2D eigenvalue weighted by Crippen LogP contribution is 2.17. The lowest BCUT2D eigenvalue weighted by atomic mass is 10.0. The number of rotatable bonds is 12. The van der Waals surface area contributed by atoms with E-state index in [0.717, 1.165) is 42.6 Å². The molecule has 1 aliphatic heterocycles. The highest BCUT2D eigenvalue weighted by molar-refractivity contribution is 7.88. The fourth-order valence-corrected chi connectivity index (χ4v) is 5.21. The summed E-state index contributed by atoms with van der Waals surface area (Å²) in [5, 5.41) is 2.84. The van der Waals surface area contributed by atoms with Crippen LogP contribution in [0.25, 0.3) is 12.2 Å². The number of nitrogens with zero attached hydrogens (tertiary/aromatic N) is 1. The molecule has 1 heterocycles. The molecule has 8 heteroatoms. The summed E-state index contributed by atoms with van der Waals surface area (Å²) in [6.07, 6.45) is 8.98. The van der Waals surface area contributed by atoms with E-state index in [-0.39, 0.29) is 6.42 Å². The van der Waals surface area contributed by atoms with Crippen molar-refractivity contribution < 1.29 is 18.0 Å². The second kappa shape index (κ2) is 14.2. The van der Waals surface area contributed by atoms with Gasteiger partial charge in [0.05, 0.1) is 18.8 Å². The summed E-state index contributed by atoms with van der Waals surface area (Å²) >= 11 is 0. The topological polar surface area (TPSA) is 95.6 Å². The smallest absolute Gasteiger partial charge is 0.252 e. The van der Waals surface area contributed by atoms with Crippen molar-refractivity contribution in [3.05, 3.63) is 107 Å². The number of sulfonamides is 1. The molecule has 0 radical (unpaired) electrons. The van der Waals surface area contributed by atoms with Crippen molar-refractivity contribution >= 4 is 33.9 Å². The molecule has 4 rings (SSSR count). The van der Waals surface area contributed by atoms with Gasteiger partial charge in [0, 0.05) is 12.1 Å². The molecule has 0 spiro atoms. The van der Waals surface area contributed by atoms with Crippen molar-refractivity contribution in [2.45, 2.75) is 38.3 Å². The molecule has 1 fully saturated rings. The first-order chi connectivity index (χ1) is 19.3. The zero-order valence-electron chi connectivity index (χ0n) is 22.9. The fraction of sp³-hybridized carbons (Fsp3) is 0.312. The van der Waals surface area contributed by atoms with Crippen LogP contribution in [-0.2, 0) is 27.8 Å². The van der Waals surface area contributed by atoms with Crippen molar-refractivity contribution in [2.75, 3.05) is 25.9 Å². The number of carbonyl (C=O) groups excluding carboxylic acids is 2. The number of benzene rings is 3. The van der Waals surface area contributed by atoms with Gasteiger partial charge in [-0.3, -0.25) is 14.5 Å². The van der Waals surface area contributed by atoms with Crippen LogP contribution in [-0.4, -0.2) is 56.9 Å². The number of piperidine rings is 1. The maximum atomic E-state index is 13.4. The summed E-state index contributed by atoms with van der Waals surface area (Å²) in [6.45, 7) is 2.89. The van der Waals surface area contributed by atoms with E-state index in [2.05, 4.69) is 39.2 Å². The van der Waals surface area contributed by atoms with Crippen LogP contribution in [0.5, 0.6) is 0 Å². The summed E-state index contributed by atoms with van der Waals surface area (Å²) in [5.74, 6) is -0.814. The van der Waals surface area contributed by atoms with Crippen molar-refractivity contribution in [3.8, 4) is 0 Å². The third-order valence-electron chi connectivity index (χ3n) is 6.98. The molecular formula is C32H37N3O4S. The predicted molar refractivity (Wildman–Crippen MR) is 160 cm³/mol. The summed E-state index contributed by atoms with van der Waals surface area (Å²) in [7, 11) is -3.55. The van der Waals surface area contributed by atoms with E-state index in [9.17, 15) is 18.0 Å². The van der Waals surface area contributed by atoms with Gasteiger partial charge in [0.25, 0.3) is 5.91 Å². The molecule has 0 saturated carbocycles. The molecule has 3 aromatic carbocycles. The van der Waals surface area contributed by atoms with Gasteiger partial charge in [-0.1, -0.05) is 91.4 Å². The first-order valence-electron chi connectivity index (χ1n) is 13.7. The molecule has 2 N–H and O–H groups in total. The third kappa shape index (κ3) is 9.26. The van der Waals surface area contributed by atoms with Gasteiger partial charge in [0.2, 0.25) is 10.0 Å². The average Bonchev–Trinajstić information content (AvgIpc) is 2.96. The minimum atomic E-state index is -3.55. The normalized spacial score (nSPS) is 15.1. The Morgan fingerprint density at radius 2 is 1.52 bits per heavy atom. The number of Topliss-reactive ketones (excluding diaryl/α,β-unsaturated/α-hetero) is 1. The molecule has 0 aromatic heterocycles. The molecule has 1 amide bonds. The van der Waals surface area contributed by atoms with Gasteiger partial charge in [0.1, 0.15) is 0 Å². The molecule has 1 aliphatic rings. The lowest BCUT2D eigenvalue weighted by molar-refractivity contribution is -0.119. The number of amides is 1. The van der Waals surface area contributed by atoms with Gasteiger partial charge in [-0.15, -0.1) is 0 Å². The summed E-state index contributed by atoms with van der Waals surface area (Å²) in [4.78, 5) is 28.8. The second-order valence-corrected chi connectivity index (χ2v) is 12.1. The highest BCUT2D eigenvalue weighted by Gasteiger charge is 2.23. The van der Waals surface area contributed by atoms with Crippen LogP contribution in [0.15, 0.2) is 78.9 Å². The van der Waals surface area contributed by atoms with E-state index in [1.807, 2.05) is 54.6 Å². The first kappa shape index (κ1) is 29.4. The molecule has 3 aromatic rings. The largest absolute Gasteiger partial charge is 0.342 e. The Kier molecular flexibility index (Phi) is 10.4. The van der Waals surface area contributed by atoms with E-state index in [4.69, 9.17) is 0 Å². The van der Waals surface area contributed by atoms with Crippen molar-refractivity contribution in [3.63, 3.8) is 0 Å². The van der Waals surface area contributed by atoms with Gasteiger partial charge >= 0.3 is 0 Å². The minimum Gasteiger partial charge on any atom is -0.342 e. The van der Waals surface area contributed by atoms with Gasteiger partial charge in [-0.25, -0.2) is 13.1 Å². The molecule has 40 heavy (non-hydrogen) atoms. The summed E-state index contributed by atoms with van der Waals surface area (Å²) < 4.78 is 25.3. The van der Waals surface area contributed by atoms with Crippen LogP contribution in [0.1, 0.15) is 51.9 Å². The third-order valence-corrected chi connectivity index (χ3v) is 7.65. The zero-order valence-corrected chi connectivity index (χ0v) is 23.7. The second-order valence-electron chi connectivity index (χ2n) is 10.3. The van der Waals surface area contributed by atoms with Crippen LogP contribution >= 0.6 is 0 Å². The van der Waals surface area contributed by atoms with Gasteiger partial charge in [-0.05, 0) is 60.7 Å². The van der Waals surface area contributed by atoms with E-state index in [1.54, 1.807) is 12.1 Å². The summed E-state index contributed by atoms with van der Waals surface area (Å²) in [5.41, 5.74) is 4.33. The Labute approximate surface area is 237 Å². The maximum Gasteiger partial charge on any atom is 0.252 e. The molecule has 0 aliphatic carbocycles. The van der Waals surface area contributed by atoms with Crippen LogP contribution in [0.4, 0.5) is 0 Å². The Morgan fingerprint density at radius 1 is 0.850 bits per heavy atom. The average molecular weight is 560 g/mol. The quantitative estimate of drug-likeness (QED) is 0.323. The molecule has 210 valence electrons. The molecule has 0 bridgehead atoms. The van der Waals surface area contributed by atoms with Crippen LogP contribution < -0.4 is 10.0 Å². The Balaban J connectivity index is 1.46. The van der Waals surface area contributed by atoms with Crippen LogP contribution in [0.2, 0.25) is 0 Å².